The summed E-state index contributed by atoms with van der Waals surface area (Å²) in [5.74, 6) is 0.400. The van der Waals surface area contributed by atoms with Gasteiger partial charge >= 0.3 is 6.18 Å². The number of alkyl halides is 3. The third-order valence-electron chi connectivity index (χ3n) is 3.87. The molecule has 25 heavy (non-hydrogen) atoms. The lowest BCUT2D eigenvalue weighted by molar-refractivity contribution is -0.385. The molecule has 0 aromatic heterocycles. The van der Waals surface area contributed by atoms with Crippen LogP contribution in [0, 0.1) is 10.1 Å². The second kappa shape index (κ2) is 8.15. The molecule has 0 amide bonds. The molecule has 1 unspecified atom stereocenters. The number of likely N-dealkylation sites (tertiary alicyclic amines) is 1. The van der Waals surface area contributed by atoms with Crippen LogP contribution in [0.15, 0.2) is 29.3 Å². The normalized spacial score (nSPS) is 19.0. The largest absolute Gasteiger partial charge is 0.401 e. The molecule has 1 heterocycles. The minimum Gasteiger partial charge on any atom is -0.352 e. The highest BCUT2D eigenvalue weighted by atomic mass is 19.4. The molecule has 2 rings (SSSR count). The number of hydrogen-bond acceptors (Lipinski definition) is 4. The van der Waals surface area contributed by atoms with Crippen molar-refractivity contribution in [2.45, 2.75) is 25.2 Å². The first-order valence-corrected chi connectivity index (χ1v) is 7.77. The topological polar surface area (TPSA) is 82.8 Å². The summed E-state index contributed by atoms with van der Waals surface area (Å²) in [7, 11) is 1.54. The molecule has 0 radical (unpaired) electrons. The van der Waals surface area contributed by atoms with E-state index in [4.69, 9.17) is 0 Å². The number of hydrogen-bond donors (Lipinski definition) is 2. The molecule has 1 aromatic rings. The van der Waals surface area contributed by atoms with Gasteiger partial charge < -0.3 is 10.6 Å². The highest BCUT2D eigenvalue weighted by molar-refractivity contribution is 5.80. The summed E-state index contributed by atoms with van der Waals surface area (Å²) in [4.78, 5) is 15.9. The van der Waals surface area contributed by atoms with Crippen LogP contribution in [0.25, 0.3) is 0 Å². The maximum absolute atomic E-state index is 12.4. The Morgan fingerprint density at radius 3 is 2.80 bits per heavy atom. The van der Waals surface area contributed by atoms with Crippen LogP contribution in [-0.2, 0) is 6.54 Å². The summed E-state index contributed by atoms with van der Waals surface area (Å²) in [5, 5.41) is 17.0. The van der Waals surface area contributed by atoms with Gasteiger partial charge in [0.15, 0.2) is 5.96 Å². The zero-order chi connectivity index (χ0) is 18.4. The van der Waals surface area contributed by atoms with E-state index in [1.807, 2.05) is 0 Å². The highest BCUT2D eigenvalue weighted by Gasteiger charge is 2.34. The Bertz CT molecular complexity index is 636. The van der Waals surface area contributed by atoms with Gasteiger partial charge in [0.1, 0.15) is 0 Å². The minimum absolute atomic E-state index is 0.00247. The predicted molar refractivity (Wildman–Crippen MR) is 87.3 cm³/mol. The Hall–Kier alpha value is -2.36. The van der Waals surface area contributed by atoms with Crippen molar-refractivity contribution in [3.05, 3.63) is 39.9 Å². The first-order valence-electron chi connectivity index (χ1n) is 7.77. The van der Waals surface area contributed by atoms with E-state index in [-0.39, 0.29) is 24.8 Å². The van der Waals surface area contributed by atoms with Crippen molar-refractivity contribution in [1.29, 1.82) is 0 Å². The Kier molecular flexibility index (Phi) is 6.18. The molecule has 10 heteroatoms. The summed E-state index contributed by atoms with van der Waals surface area (Å²) >= 11 is 0. The van der Waals surface area contributed by atoms with Crippen molar-refractivity contribution in [3.63, 3.8) is 0 Å². The van der Waals surface area contributed by atoms with Gasteiger partial charge in [-0.05, 0) is 6.42 Å². The second-order valence-corrected chi connectivity index (χ2v) is 5.79. The summed E-state index contributed by atoms with van der Waals surface area (Å²) in [5.41, 5.74) is 0.503. The lowest BCUT2D eigenvalue weighted by Crippen LogP contribution is -2.45. The Morgan fingerprint density at radius 2 is 2.16 bits per heavy atom. The molecule has 0 bridgehead atoms. The number of nitro benzene ring substituents is 1. The third kappa shape index (κ3) is 5.89. The van der Waals surface area contributed by atoms with Gasteiger partial charge in [-0.15, -0.1) is 0 Å². The number of rotatable bonds is 5. The molecule has 138 valence electrons. The van der Waals surface area contributed by atoms with Crippen molar-refractivity contribution < 1.29 is 18.1 Å². The van der Waals surface area contributed by atoms with Gasteiger partial charge in [-0.2, -0.15) is 13.2 Å². The van der Waals surface area contributed by atoms with Crippen molar-refractivity contribution >= 4 is 11.6 Å². The molecule has 7 nitrogen and oxygen atoms in total. The Balaban J connectivity index is 1.87. The first kappa shape index (κ1) is 19.0. The van der Waals surface area contributed by atoms with E-state index in [0.29, 0.717) is 24.5 Å². The lowest BCUT2D eigenvalue weighted by atomic mass is 10.2. The standard InChI is InChI=1S/C15H20F3N5O2/c1-19-14(20-8-11-4-2-3-5-13(11)23(24)25)21-12-6-7-22(9-12)10-15(16,17)18/h2-5,12H,6-10H2,1H3,(H2,19,20,21). The Morgan fingerprint density at radius 1 is 1.44 bits per heavy atom. The predicted octanol–water partition coefficient (Wildman–Crippen LogP) is 1.90. The molecule has 1 saturated heterocycles. The number of guanidine groups is 1. The summed E-state index contributed by atoms with van der Waals surface area (Å²) in [6, 6.07) is 6.19. The third-order valence-corrected chi connectivity index (χ3v) is 3.87. The van der Waals surface area contributed by atoms with E-state index in [9.17, 15) is 23.3 Å². The molecule has 0 spiro atoms. The van der Waals surface area contributed by atoms with Crippen LogP contribution >= 0.6 is 0 Å². The average Bonchev–Trinajstić information content (AvgIpc) is 2.96. The molecule has 1 aliphatic rings. The minimum atomic E-state index is -4.21. The summed E-state index contributed by atoms with van der Waals surface area (Å²) < 4.78 is 37.3. The smallest absolute Gasteiger partial charge is 0.352 e. The van der Waals surface area contributed by atoms with Crippen molar-refractivity contribution in [2.24, 2.45) is 4.99 Å². The van der Waals surface area contributed by atoms with Crippen molar-refractivity contribution in [2.75, 3.05) is 26.7 Å². The van der Waals surface area contributed by atoms with Gasteiger partial charge in [-0.3, -0.25) is 20.0 Å². The van der Waals surface area contributed by atoms with Gasteiger partial charge in [-0.25, -0.2) is 0 Å². The van der Waals surface area contributed by atoms with Gasteiger partial charge in [0, 0.05) is 44.4 Å². The fraction of sp³-hybridized carbons (Fsp3) is 0.533. The molecule has 1 aromatic carbocycles. The van der Waals surface area contributed by atoms with Crippen LogP contribution in [0.2, 0.25) is 0 Å². The molecule has 0 aliphatic carbocycles. The molecular weight excluding hydrogens is 339 g/mol. The van der Waals surface area contributed by atoms with E-state index >= 15 is 0 Å². The summed E-state index contributed by atoms with van der Waals surface area (Å²) in [6.07, 6.45) is -3.64. The van der Waals surface area contributed by atoms with Gasteiger partial charge in [0.2, 0.25) is 0 Å². The van der Waals surface area contributed by atoms with Crippen LogP contribution in [0.5, 0.6) is 0 Å². The zero-order valence-corrected chi connectivity index (χ0v) is 13.7. The fourth-order valence-corrected chi connectivity index (χ4v) is 2.75. The van der Waals surface area contributed by atoms with Gasteiger partial charge in [0.05, 0.1) is 11.5 Å². The van der Waals surface area contributed by atoms with Crippen molar-refractivity contribution in [1.82, 2.24) is 15.5 Å². The lowest BCUT2D eigenvalue weighted by Gasteiger charge is -2.19. The number of nitrogens with zero attached hydrogens (tertiary/aromatic N) is 3. The molecular formula is C15H20F3N5O2. The van der Waals surface area contributed by atoms with E-state index in [2.05, 4.69) is 15.6 Å². The average molecular weight is 359 g/mol. The quantitative estimate of drug-likeness (QED) is 0.363. The second-order valence-electron chi connectivity index (χ2n) is 5.79. The Labute approximate surface area is 143 Å². The van der Waals surface area contributed by atoms with Gasteiger partial charge in [-0.1, -0.05) is 18.2 Å². The van der Waals surface area contributed by atoms with Crippen LogP contribution in [0.4, 0.5) is 18.9 Å². The first-order chi connectivity index (χ1) is 11.8. The molecule has 0 saturated carbocycles. The van der Waals surface area contributed by atoms with Crippen LogP contribution in [-0.4, -0.2) is 54.7 Å². The van der Waals surface area contributed by atoms with E-state index < -0.39 is 17.6 Å². The molecule has 1 aliphatic heterocycles. The SMILES string of the molecule is CN=C(NCc1ccccc1[N+](=O)[O-])NC1CCN(CC(F)(F)F)C1. The molecule has 1 atom stereocenters. The maximum Gasteiger partial charge on any atom is 0.401 e. The summed E-state index contributed by atoms with van der Waals surface area (Å²) in [6.45, 7) is -0.104. The zero-order valence-electron chi connectivity index (χ0n) is 13.7. The van der Waals surface area contributed by atoms with Crippen LogP contribution in [0.3, 0.4) is 0 Å². The number of para-hydroxylation sites is 1. The molecule has 2 N–H and O–H groups in total. The van der Waals surface area contributed by atoms with E-state index in [0.717, 1.165) is 0 Å². The monoisotopic (exact) mass is 359 g/mol. The molecule has 1 fully saturated rings. The van der Waals surface area contributed by atoms with E-state index in [1.165, 1.54) is 18.0 Å². The number of halogens is 3. The van der Waals surface area contributed by atoms with Crippen molar-refractivity contribution in [3.8, 4) is 0 Å². The van der Waals surface area contributed by atoms with Crippen LogP contribution in [0.1, 0.15) is 12.0 Å². The number of benzene rings is 1. The number of nitrogens with one attached hydrogen (secondary N) is 2. The van der Waals surface area contributed by atoms with Gasteiger partial charge in [0.25, 0.3) is 5.69 Å². The number of nitro groups is 1. The van der Waals surface area contributed by atoms with E-state index in [1.54, 1.807) is 18.2 Å². The number of aliphatic imine (C=N–C) groups is 1. The fourth-order valence-electron chi connectivity index (χ4n) is 2.75. The van der Waals surface area contributed by atoms with Crippen LogP contribution < -0.4 is 10.6 Å². The maximum atomic E-state index is 12.4. The highest BCUT2D eigenvalue weighted by Crippen LogP contribution is 2.20.